The number of hydrogen-bond donors (Lipinski definition) is 0. The van der Waals surface area contributed by atoms with E-state index in [-0.39, 0.29) is 0 Å². The highest BCUT2D eigenvalue weighted by Gasteiger charge is 2.39. The Kier molecular flexibility index (Phi) is 5.41. The number of hydrogen-bond acceptors (Lipinski definition) is 1. The van der Waals surface area contributed by atoms with Gasteiger partial charge in [0.05, 0.1) is 0 Å². The third-order valence-electron chi connectivity index (χ3n) is 2.91. The molecule has 14 heavy (non-hydrogen) atoms. The molecule has 0 fully saturated rings. The maximum Gasteiger partial charge on any atom is 0.274 e. The predicted octanol–water partition coefficient (Wildman–Crippen LogP) is 4.06. The zero-order valence-corrected chi connectivity index (χ0v) is 11.8. The maximum atomic E-state index is 10.3. The van der Waals surface area contributed by atoms with Crippen LogP contribution in [0.4, 0.5) is 0 Å². The van der Waals surface area contributed by atoms with E-state index >= 15 is 0 Å². The summed E-state index contributed by atoms with van der Waals surface area (Å²) in [6, 6.07) is 0. The Labute approximate surface area is 93.7 Å². The lowest BCUT2D eigenvalue weighted by molar-refractivity contribution is -0.107. The van der Waals surface area contributed by atoms with Crippen LogP contribution in [0.1, 0.15) is 54.4 Å². The molecule has 0 N–H and O–H groups in total. The van der Waals surface area contributed by atoms with Crippen LogP contribution in [0.25, 0.3) is 0 Å². The first-order valence-corrected chi connectivity index (χ1v) is 7.60. The third kappa shape index (κ3) is 5.17. The molecule has 0 aliphatic heterocycles. The van der Waals surface area contributed by atoms with Crippen molar-refractivity contribution in [2.24, 2.45) is 0 Å². The average molecular weight is 212 g/mol. The summed E-state index contributed by atoms with van der Waals surface area (Å²) in [6.07, 6.45) is 2.89. The van der Waals surface area contributed by atoms with Gasteiger partial charge in [-0.3, -0.25) is 0 Å². The first-order valence-electron chi connectivity index (χ1n) is 5.63. The molecule has 0 aliphatic carbocycles. The molecule has 0 aromatic heterocycles. The molecule has 0 amide bonds. The molecule has 0 aromatic rings. The Morgan fingerprint density at radius 1 is 1.00 bits per heavy atom. The molecule has 2 heteroatoms. The average Bonchev–Trinajstić information content (AvgIpc) is 1.92. The van der Waals surface area contributed by atoms with E-state index in [1.165, 1.54) is 5.28 Å². The van der Waals surface area contributed by atoms with Crippen LogP contribution in [-0.2, 0) is 4.79 Å². The van der Waals surface area contributed by atoms with Crippen molar-refractivity contribution in [1.29, 1.82) is 0 Å². The molecule has 0 aromatic carbocycles. The van der Waals surface area contributed by atoms with Gasteiger partial charge in [-0.25, -0.2) is 0 Å². The highest BCUT2D eigenvalue weighted by molar-refractivity contribution is 6.65. The highest BCUT2D eigenvalue weighted by Crippen LogP contribution is 2.44. The van der Waals surface area contributed by atoms with Crippen LogP contribution < -0.4 is 0 Å². The number of carbonyl (C=O) groups excluding carboxylic acids is 1. The summed E-state index contributed by atoms with van der Waals surface area (Å²) in [5, 5.41) is 1.30. The van der Waals surface area contributed by atoms with Gasteiger partial charge in [-0.15, -0.1) is 0 Å². The van der Waals surface area contributed by atoms with E-state index in [4.69, 9.17) is 0 Å². The smallest absolute Gasteiger partial charge is 0.274 e. The summed E-state index contributed by atoms with van der Waals surface area (Å²) < 4.78 is 0.947. The lowest BCUT2D eigenvalue weighted by atomic mass is 10.2. The fraction of sp³-hybridized carbons (Fsp3) is 0.917. The monoisotopic (exact) mass is 212 g/mol. The largest absolute Gasteiger partial charge is 0.303 e. The molecule has 0 rings (SSSR count). The number of aldehydes is 1. The lowest BCUT2D eigenvalue weighted by Gasteiger charge is -2.36. The van der Waals surface area contributed by atoms with Crippen LogP contribution in [0.2, 0.25) is 13.8 Å². The highest BCUT2D eigenvalue weighted by atomic mass is 27.2. The van der Waals surface area contributed by atoms with E-state index in [9.17, 15) is 4.79 Å². The van der Waals surface area contributed by atoms with E-state index in [0.29, 0.717) is 8.55 Å². The minimum Gasteiger partial charge on any atom is -0.303 e. The van der Waals surface area contributed by atoms with E-state index in [0.717, 1.165) is 19.1 Å². The minimum atomic E-state index is -0.801. The normalized spacial score (nSPS) is 12.7. The van der Waals surface area contributed by atoms with Crippen molar-refractivity contribution in [3.8, 4) is 0 Å². The van der Waals surface area contributed by atoms with E-state index in [2.05, 4.69) is 41.5 Å². The standard InChI is InChI=1S/C4H7O.2C4H9.Al/c1-2-3-4-5;2*1-4(2)3;/h4H,1-3H2;2*1-3H3;. The van der Waals surface area contributed by atoms with Gasteiger partial charge in [-0.05, 0) is 0 Å². The maximum absolute atomic E-state index is 10.3. The Hall–Kier alpha value is 0.202. The minimum absolute atomic E-state index is 0.473. The van der Waals surface area contributed by atoms with Gasteiger partial charge in [0, 0.05) is 6.42 Å². The van der Waals surface area contributed by atoms with Crippen molar-refractivity contribution in [2.75, 3.05) is 0 Å². The van der Waals surface area contributed by atoms with Crippen molar-refractivity contribution in [3.05, 3.63) is 0 Å². The number of rotatable bonds is 4. The van der Waals surface area contributed by atoms with E-state index in [1.807, 2.05) is 0 Å². The molecule has 0 saturated carbocycles. The van der Waals surface area contributed by atoms with Gasteiger partial charge in [0.25, 0.3) is 14.1 Å². The summed E-state index contributed by atoms with van der Waals surface area (Å²) in [6.45, 7) is 14.1. The molecule has 0 bridgehead atoms. The van der Waals surface area contributed by atoms with Gasteiger partial charge in [-0.2, -0.15) is 0 Å². The zero-order valence-electron chi connectivity index (χ0n) is 10.7. The molecular weight excluding hydrogens is 187 g/mol. The van der Waals surface area contributed by atoms with Crippen molar-refractivity contribution >= 4 is 20.4 Å². The quantitative estimate of drug-likeness (QED) is 0.390. The van der Waals surface area contributed by atoms with Gasteiger partial charge >= 0.3 is 0 Å². The van der Waals surface area contributed by atoms with Crippen molar-refractivity contribution in [1.82, 2.24) is 0 Å². The molecule has 0 spiro atoms. The first kappa shape index (κ1) is 14.2. The van der Waals surface area contributed by atoms with Crippen LogP contribution in [-0.4, -0.2) is 20.4 Å². The Bertz CT molecular complexity index is 160. The van der Waals surface area contributed by atoms with Crippen LogP contribution >= 0.6 is 0 Å². The molecule has 0 radical (unpaired) electrons. The summed E-state index contributed by atoms with van der Waals surface area (Å²) in [4.78, 5) is 10.3. The SMILES string of the molecule is C[C](C)(C)[Al]([CH2]CCC=O)[C](C)(C)C. The van der Waals surface area contributed by atoms with E-state index < -0.39 is 14.1 Å². The van der Waals surface area contributed by atoms with Gasteiger partial charge in [0.2, 0.25) is 0 Å². The van der Waals surface area contributed by atoms with Crippen molar-refractivity contribution in [2.45, 2.75) is 68.2 Å². The van der Waals surface area contributed by atoms with Crippen LogP contribution in [0.3, 0.4) is 0 Å². The molecular formula is C12H25AlO. The third-order valence-corrected chi connectivity index (χ3v) is 8.07. The molecule has 0 saturated heterocycles. The molecule has 0 atom stereocenters. The first-order chi connectivity index (χ1) is 6.19. The zero-order chi connectivity index (χ0) is 11.4. The summed E-state index contributed by atoms with van der Waals surface area (Å²) in [5.74, 6) is 0. The van der Waals surface area contributed by atoms with Gasteiger partial charge in [0.1, 0.15) is 6.29 Å². The second-order valence-electron chi connectivity index (χ2n) is 6.38. The molecule has 0 aliphatic rings. The summed E-state index contributed by atoms with van der Waals surface area (Å²) >= 11 is -0.801. The van der Waals surface area contributed by atoms with Gasteiger partial charge in [0.15, 0.2) is 0 Å². The number of unbranched alkanes of at least 4 members (excludes halogenated alkanes) is 1. The summed E-state index contributed by atoms with van der Waals surface area (Å²) in [7, 11) is 0. The van der Waals surface area contributed by atoms with Crippen molar-refractivity contribution in [3.63, 3.8) is 0 Å². The number of carbonyl (C=O) groups is 1. The van der Waals surface area contributed by atoms with Crippen LogP contribution in [0.15, 0.2) is 0 Å². The second kappa shape index (κ2) is 5.33. The Balaban J connectivity index is 4.35. The van der Waals surface area contributed by atoms with Crippen molar-refractivity contribution < 1.29 is 4.79 Å². The second-order valence-corrected chi connectivity index (χ2v) is 11.5. The van der Waals surface area contributed by atoms with E-state index in [1.54, 1.807) is 0 Å². The Morgan fingerprint density at radius 2 is 1.43 bits per heavy atom. The molecule has 1 nitrogen and oxygen atoms in total. The fourth-order valence-corrected chi connectivity index (χ4v) is 7.54. The molecule has 0 heterocycles. The Morgan fingerprint density at radius 3 is 1.71 bits per heavy atom. The van der Waals surface area contributed by atoms with Gasteiger partial charge < -0.3 is 4.79 Å². The molecule has 82 valence electrons. The summed E-state index contributed by atoms with van der Waals surface area (Å²) in [5.41, 5.74) is 0. The fourth-order valence-electron chi connectivity index (χ4n) is 2.57. The molecule has 0 unspecified atom stereocenters. The van der Waals surface area contributed by atoms with Crippen LogP contribution in [0.5, 0.6) is 0 Å². The lowest BCUT2D eigenvalue weighted by Crippen LogP contribution is -2.34. The topological polar surface area (TPSA) is 17.1 Å². The van der Waals surface area contributed by atoms with Gasteiger partial charge in [-0.1, -0.05) is 61.8 Å². The van der Waals surface area contributed by atoms with Crippen LogP contribution in [0, 0.1) is 0 Å². The predicted molar refractivity (Wildman–Crippen MR) is 65.3 cm³/mol.